The lowest BCUT2D eigenvalue weighted by molar-refractivity contribution is -0.0499. The Morgan fingerprint density at radius 2 is 2.20 bits per heavy atom. The quantitative estimate of drug-likeness (QED) is 0.613. The van der Waals surface area contributed by atoms with Crippen LogP contribution in [0.25, 0.3) is 0 Å². The summed E-state index contributed by atoms with van der Waals surface area (Å²) in [5.41, 5.74) is 0.272. The van der Waals surface area contributed by atoms with E-state index >= 15 is 0 Å². The molecule has 0 aromatic rings. The lowest BCUT2D eigenvalue weighted by Gasteiger charge is -2.23. The van der Waals surface area contributed by atoms with Crippen LogP contribution in [-0.4, -0.2) is 30.5 Å². The van der Waals surface area contributed by atoms with Crippen molar-refractivity contribution in [3.63, 3.8) is 0 Å². The van der Waals surface area contributed by atoms with Gasteiger partial charge in [-0.3, -0.25) is 0 Å². The van der Waals surface area contributed by atoms with E-state index in [1.54, 1.807) is 0 Å². The minimum Gasteiger partial charge on any atom is -0.375 e. The molecule has 1 heterocycles. The van der Waals surface area contributed by atoms with Crippen molar-refractivity contribution in [1.29, 1.82) is 0 Å². The zero-order valence-corrected chi connectivity index (χ0v) is 7.32. The summed E-state index contributed by atoms with van der Waals surface area (Å²) in [6, 6.07) is 0. The minimum atomic E-state index is 0.272. The largest absolute Gasteiger partial charge is 0.375 e. The van der Waals surface area contributed by atoms with Crippen molar-refractivity contribution in [2.75, 3.05) is 19.8 Å². The molecule has 0 aromatic heterocycles. The highest BCUT2D eigenvalue weighted by Gasteiger charge is 2.15. The van der Waals surface area contributed by atoms with Gasteiger partial charge in [0.15, 0.2) is 0 Å². The molecule has 1 aliphatic rings. The molecule has 60 valence electrons. The van der Waals surface area contributed by atoms with Gasteiger partial charge in [0.2, 0.25) is 0 Å². The van der Waals surface area contributed by atoms with Gasteiger partial charge in [0.25, 0.3) is 0 Å². The Bertz CT molecular complexity index is 89.6. The Hall–Kier alpha value is 0.270. The molecule has 2 nitrogen and oxygen atoms in total. The van der Waals surface area contributed by atoms with Crippen molar-refractivity contribution in [2.24, 2.45) is 0 Å². The molecule has 1 atom stereocenters. The third kappa shape index (κ3) is 2.90. The maximum Gasteiger partial charge on any atom is 0.126 e. The summed E-state index contributed by atoms with van der Waals surface area (Å²) in [6.07, 6.45) is 0. The average Bonchev–Trinajstić information content (AvgIpc) is 1.88. The fourth-order valence-electron chi connectivity index (χ4n) is 0.848. The zero-order valence-electron chi connectivity index (χ0n) is 6.50. The van der Waals surface area contributed by atoms with E-state index in [-0.39, 0.29) is 5.44 Å². The SMILES string of the molecule is CC(C)SC1COCCO1. The van der Waals surface area contributed by atoms with Gasteiger partial charge in [-0.25, -0.2) is 0 Å². The second kappa shape index (κ2) is 4.21. The molecule has 0 aromatic carbocycles. The number of thioether (sulfide) groups is 1. The van der Waals surface area contributed by atoms with Gasteiger partial charge in [-0.1, -0.05) is 13.8 Å². The van der Waals surface area contributed by atoms with Crippen LogP contribution in [0, 0.1) is 0 Å². The van der Waals surface area contributed by atoms with E-state index in [1.807, 2.05) is 11.8 Å². The van der Waals surface area contributed by atoms with Crippen LogP contribution in [0.3, 0.4) is 0 Å². The Morgan fingerprint density at radius 3 is 2.70 bits per heavy atom. The molecule has 0 saturated carbocycles. The van der Waals surface area contributed by atoms with E-state index in [2.05, 4.69) is 13.8 Å². The first-order valence-electron chi connectivity index (χ1n) is 3.64. The van der Waals surface area contributed by atoms with Crippen molar-refractivity contribution in [2.45, 2.75) is 24.5 Å². The molecule has 0 radical (unpaired) electrons. The average molecular weight is 162 g/mol. The number of hydrogen-bond acceptors (Lipinski definition) is 3. The van der Waals surface area contributed by atoms with Crippen LogP contribution in [0.1, 0.15) is 13.8 Å². The van der Waals surface area contributed by atoms with Gasteiger partial charge in [0.1, 0.15) is 5.44 Å². The van der Waals surface area contributed by atoms with Gasteiger partial charge in [0.05, 0.1) is 19.8 Å². The van der Waals surface area contributed by atoms with Crippen LogP contribution in [0.5, 0.6) is 0 Å². The summed E-state index contributed by atoms with van der Waals surface area (Å²) in [5, 5.41) is 0.631. The van der Waals surface area contributed by atoms with Gasteiger partial charge < -0.3 is 9.47 Å². The minimum absolute atomic E-state index is 0.272. The first-order valence-corrected chi connectivity index (χ1v) is 4.58. The van der Waals surface area contributed by atoms with Crippen molar-refractivity contribution in [3.05, 3.63) is 0 Å². The maximum atomic E-state index is 5.43. The van der Waals surface area contributed by atoms with E-state index in [0.717, 1.165) is 19.8 Å². The smallest absolute Gasteiger partial charge is 0.126 e. The lowest BCUT2D eigenvalue weighted by atomic mass is 10.6. The third-order valence-electron chi connectivity index (χ3n) is 1.21. The van der Waals surface area contributed by atoms with Gasteiger partial charge in [-0.15, -0.1) is 11.8 Å². The van der Waals surface area contributed by atoms with E-state index in [0.29, 0.717) is 5.25 Å². The van der Waals surface area contributed by atoms with Gasteiger partial charge >= 0.3 is 0 Å². The molecule has 0 spiro atoms. The predicted octanol–water partition coefficient (Wildman–Crippen LogP) is 1.50. The monoisotopic (exact) mass is 162 g/mol. The van der Waals surface area contributed by atoms with Crippen LogP contribution >= 0.6 is 11.8 Å². The second-order valence-corrected chi connectivity index (χ2v) is 4.30. The molecular formula is C7H14O2S. The Kier molecular flexibility index (Phi) is 3.52. The van der Waals surface area contributed by atoms with Gasteiger partial charge in [-0.2, -0.15) is 0 Å². The van der Waals surface area contributed by atoms with Crippen LogP contribution in [-0.2, 0) is 9.47 Å². The number of rotatable bonds is 2. The normalized spacial score (nSPS) is 27.3. The third-order valence-corrected chi connectivity index (χ3v) is 2.33. The van der Waals surface area contributed by atoms with Crippen molar-refractivity contribution >= 4 is 11.8 Å². The van der Waals surface area contributed by atoms with E-state index in [9.17, 15) is 0 Å². The molecule has 0 amide bonds. The summed E-state index contributed by atoms with van der Waals surface area (Å²) in [6.45, 7) is 6.60. The van der Waals surface area contributed by atoms with Crippen molar-refractivity contribution in [3.8, 4) is 0 Å². The molecular weight excluding hydrogens is 148 g/mol. The zero-order chi connectivity index (χ0) is 7.40. The number of ether oxygens (including phenoxy) is 2. The maximum absolute atomic E-state index is 5.43. The molecule has 10 heavy (non-hydrogen) atoms. The van der Waals surface area contributed by atoms with Crippen LogP contribution in [0.15, 0.2) is 0 Å². The standard InChI is InChI=1S/C7H14O2S/c1-6(2)10-7-5-8-3-4-9-7/h6-7H,3-5H2,1-2H3. The van der Waals surface area contributed by atoms with Crippen LogP contribution in [0.2, 0.25) is 0 Å². The van der Waals surface area contributed by atoms with Crippen molar-refractivity contribution < 1.29 is 9.47 Å². The predicted molar refractivity (Wildman–Crippen MR) is 43.3 cm³/mol. The highest BCUT2D eigenvalue weighted by molar-refractivity contribution is 8.00. The Morgan fingerprint density at radius 1 is 1.40 bits per heavy atom. The van der Waals surface area contributed by atoms with Gasteiger partial charge in [-0.05, 0) is 0 Å². The highest BCUT2D eigenvalue weighted by Crippen LogP contribution is 2.20. The van der Waals surface area contributed by atoms with E-state index in [1.165, 1.54) is 0 Å². The first-order chi connectivity index (χ1) is 4.79. The highest BCUT2D eigenvalue weighted by atomic mass is 32.2. The molecule has 1 saturated heterocycles. The summed E-state index contributed by atoms with van der Waals surface area (Å²) >= 11 is 1.83. The molecule has 0 N–H and O–H groups in total. The molecule has 1 unspecified atom stereocenters. The van der Waals surface area contributed by atoms with Crippen molar-refractivity contribution in [1.82, 2.24) is 0 Å². The Labute approximate surface area is 66.3 Å². The summed E-state index contributed by atoms with van der Waals surface area (Å²) in [4.78, 5) is 0. The molecule has 1 rings (SSSR count). The van der Waals surface area contributed by atoms with Crippen LogP contribution in [0.4, 0.5) is 0 Å². The summed E-state index contributed by atoms with van der Waals surface area (Å²) < 4.78 is 10.7. The molecule has 1 aliphatic heterocycles. The fraction of sp³-hybridized carbons (Fsp3) is 1.00. The molecule has 0 aliphatic carbocycles. The second-order valence-electron chi connectivity index (χ2n) is 2.56. The molecule has 0 bridgehead atoms. The molecule has 1 fully saturated rings. The Balaban J connectivity index is 2.13. The topological polar surface area (TPSA) is 18.5 Å². The summed E-state index contributed by atoms with van der Waals surface area (Å²) in [5.74, 6) is 0. The molecule has 3 heteroatoms. The number of hydrogen-bond donors (Lipinski definition) is 0. The fourth-order valence-corrected chi connectivity index (χ4v) is 1.80. The van der Waals surface area contributed by atoms with Crippen LogP contribution < -0.4 is 0 Å². The first kappa shape index (κ1) is 8.37. The summed E-state index contributed by atoms with van der Waals surface area (Å²) in [7, 11) is 0. The van der Waals surface area contributed by atoms with Gasteiger partial charge in [0, 0.05) is 5.25 Å². The van der Waals surface area contributed by atoms with E-state index in [4.69, 9.17) is 9.47 Å². The lowest BCUT2D eigenvalue weighted by Crippen LogP contribution is -2.26. The van der Waals surface area contributed by atoms with E-state index < -0.39 is 0 Å².